The molecule has 1 fully saturated rings. The van der Waals surface area contributed by atoms with Crippen LogP contribution < -0.4 is 0 Å². The minimum Gasteiger partial charge on any atom is -0.477 e. The lowest BCUT2D eigenvalue weighted by Crippen LogP contribution is -2.56. The largest absolute Gasteiger partial charge is 0.477 e. The predicted molar refractivity (Wildman–Crippen MR) is 75.7 cm³/mol. The lowest BCUT2D eigenvalue weighted by Gasteiger charge is -2.47. The number of carboxylic acid groups (broad SMARTS) is 1. The second-order valence-corrected chi connectivity index (χ2v) is 6.59. The van der Waals surface area contributed by atoms with Crippen molar-refractivity contribution >= 4 is 5.97 Å². The van der Waals surface area contributed by atoms with Crippen LogP contribution >= 0.6 is 0 Å². The Morgan fingerprint density at radius 1 is 1.30 bits per heavy atom. The summed E-state index contributed by atoms with van der Waals surface area (Å²) < 4.78 is 6.03. The summed E-state index contributed by atoms with van der Waals surface area (Å²) in [5.41, 5.74) is 0.436. The molecule has 0 unspecified atom stereocenters. The number of carboxylic acids is 1. The number of aromatic carboxylic acids is 1. The van der Waals surface area contributed by atoms with E-state index in [2.05, 4.69) is 37.6 Å². The molecule has 2 heterocycles. The first-order valence-corrected chi connectivity index (χ1v) is 6.79. The average Bonchev–Trinajstić information content (AvgIpc) is 2.24. The Morgan fingerprint density at radius 2 is 1.90 bits per heavy atom. The first kappa shape index (κ1) is 14.9. The zero-order valence-electron chi connectivity index (χ0n) is 12.5. The van der Waals surface area contributed by atoms with Crippen LogP contribution in [0.5, 0.6) is 0 Å². The van der Waals surface area contributed by atoms with Crippen molar-refractivity contribution in [2.24, 2.45) is 0 Å². The average molecular weight is 278 g/mol. The highest BCUT2D eigenvalue weighted by atomic mass is 16.5. The van der Waals surface area contributed by atoms with E-state index in [1.54, 1.807) is 6.07 Å². The van der Waals surface area contributed by atoms with Crippen LogP contribution in [0.3, 0.4) is 0 Å². The Morgan fingerprint density at radius 3 is 2.45 bits per heavy atom. The Balaban J connectivity index is 2.13. The van der Waals surface area contributed by atoms with Gasteiger partial charge in [-0.3, -0.25) is 4.90 Å². The number of ether oxygens (including phenoxy) is 1. The predicted octanol–water partition coefficient (Wildman–Crippen LogP) is 2.17. The van der Waals surface area contributed by atoms with Crippen molar-refractivity contribution in [3.63, 3.8) is 0 Å². The van der Waals surface area contributed by atoms with Crippen molar-refractivity contribution in [1.29, 1.82) is 0 Å². The SMILES string of the molecule is CC1(C)CN(Cc2cccc(C(=O)O)n2)CC(C)(C)O1. The van der Waals surface area contributed by atoms with Gasteiger partial charge in [-0.2, -0.15) is 0 Å². The number of rotatable bonds is 3. The standard InChI is InChI=1S/C15H22N2O3/c1-14(2)9-17(10-15(3,4)20-14)8-11-6-5-7-12(16-11)13(18)19/h5-7H,8-10H2,1-4H3,(H,18,19). The third-order valence-corrected chi connectivity index (χ3v) is 3.17. The smallest absolute Gasteiger partial charge is 0.354 e. The summed E-state index contributed by atoms with van der Waals surface area (Å²) in [5.74, 6) is -0.991. The molecule has 0 radical (unpaired) electrons. The van der Waals surface area contributed by atoms with Gasteiger partial charge in [0.15, 0.2) is 0 Å². The van der Waals surface area contributed by atoms with Crippen molar-refractivity contribution in [2.75, 3.05) is 13.1 Å². The van der Waals surface area contributed by atoms with E-state index in [0.717, 1.165) is 18.8 Å². The van der Waals surface area contributed by atoms with Gasteiger partial charge < -0.3 is 9.84 Å². The molecule has 1 aliphatic heterocycles. The van der Waals surface area contributed by atoms with E-state index in [4.69, 9.17) is 9.84 Å². The van der Waals surface area contributed by atoms with E-state index in [-0.39, 0.29) is 16.9 Å². The minimum absolute atomic E-state index is 0.0919. The van der Waals surface area contributed by atoms with E-state index in [1.807, 2.05) is 6.07 Å². The molecule has 5 nitrogen and oxygen atoms in total. The Hall–Kier alpha value is -1.46. The van der Waals surface area contributed by atoms with E-state index in [1.165, 1.54) is 6.07 Å². The molecule has 1 N–H and O–H groups in total. The van der Waals surface area contributed by atoms with Crippen LogP contribution in [0.2, 0.25) is 0 Å². The molecule has 5 heteroatoms. The zero-order valence-corrected chi connectivity index (χ0v) is 12.5. The molecule has 0 bridgehead atoms. The van der Waals surface area contributed by atoms with Gasteiger partial charge in [0.2, 0.25) is 0 Å². The maximum Gasteiger partial charge on any atom is 0.354 e. The van der Waals surface area contributed by atoms with Crippen LogP contribution in [0.4, 0.5) is 0 Å². The van der Waals surface area contributed by atoms with Crippen LogP contribution in [0.15, 0.2) is 18.2 Å². The van der Waals surface area contributed by atoms with Crippen molar-refractivity contribution < 1.29 is 14.6 Å². The number of carbonyl (C=O) groups is 1. The molecule has 1 aromatic rings. The normalized spacial score (nSPS) is 21.6. The first-order valence-electron chi connectivity index (χ1n) is 6.79. The van der Waals surface area contributed by atoms with Gasteiger partial charge in [-0.1, -0.05) is 6.07 Å². The van der Waals surface area contributed by atoms with Crippen molar-refractivity contribution in [2.45, 2.75) is 45.4 Å². The minimum atomic E-state index is -0.991. The second kappa shape index (κ2) is 5.14. The molecule has 0 amide bonds. The number of hydrogen-bond donors (Lipinski definition) is 1. The first-order chi connectivity index (χ1) is 9.17. The number of morpholine rings is 1. The number of hydrogen-bond acceptors (Lipinski definition) is 4. The summed E-state index contributed by atoms with van der Waals surface area (Å²) in [7, 11) is 0. The Kier molecular flexibility index (Phi) is 3.84. The number of nitrogens with zero attached hydrogens (tertiary/aromatic N) is 2. The van der Waals surface area contributed by atoms with Gasteiger partial charge in [0.1, 0.15) is 5.69 Å². The number of pyridine rings is 1. The van der Waals surface area contributed by atoms with Gasteiger partial charge in [0.05, 0.1) is 16.9 Å². The second-order valence-electron chi connectivity index (χ2n) is 6.59. The molecule has 2 rings (SSSR count). The fraction of sp³-hybridized carbons (Fsp3) is 0.600. The lowest BCUT2D eigenvalue weighted by atomic mass is 9.99. The maximum atomic E-state index is 11.0. The highest BCUT2D eigenvalue weighted by Crippen LogP contribution is 2.28. The summed E-state index contributed by atoms with van der Waals surface area (Å²) in [6.45, 7) is 10.5. The Bertz CT molecular complexity index is 496. The number of aromatic nitrogens is 1. The highest BCUT2D eigenvalue weighted by Gasteiger charge is 2.38. The monoisotopic (exact) mass is 278 g/mol. The van der Waals surface area contributed by atoms with Crippen molar-refractivity contribution in [1.82, 2.24) is 9.88 Å². The van der Waals surface area contributed by atoms with Gasteiger partial charge in [-0.15, -0.1) is 0 Å². The van der Waals surface area contributed by atoms with Gasteiger partial charge in [-0.05, 0) is 39.8 Å². The van der Waals surface area contributed by atoms with Crippen LogP contribution in [0, 0.1) is 0 Å². The quantitative estimate of drug-likeness (QED) is 0.918. The molecule has 110 valence electrons. The van der Waals surface area contributed by atoms with Crippen LogP contribution in [-0.4, -0.2) is 45.3 Å². The summed E-state index contributed by atoms with van der Waals surface area (Å²) in [4.78, 5) is 17.4. The lowest BCUT2D eigenvalue weighted by molar-refractivity contribution is -0.182. The molecule has 0 atom stereocenters. The maximum absolute atomic E-state index is 11.0. The van der Waals surface area contributed by atoms with Crippen molar-refractivity contribution in [3.8, 4) is 0 Å². The molecule has 1 saturated heterocycles. The van der Waals surface area contributed by atoms with E-state index in [0.29, 0.717) is 6.54 Å². The molecule has 0 spiro atoms. The highest BCUT2D eigenvalue weighted by molar-refractivity contribution is 5.85. The third-order valence-electron chi connectivity index (χ3n) is 3.17. The molecular formula is C15H22N2O3. The summed E-state index contributed by atoms with van der Waals surface area (Å²) >= 11 is 0. The van der Waals surface area contributed by atoms with Gasteiger partial charge >= 0.3 is 5.97 Å². The van der Waals surface area contributed by atoms with Crippen LogP contribution in [0.25, 0.3) is 0 Å². The summed E-state index contributed by atoms with van der Waals surface area (Å²) in [6, 6.07) is 5.11. The molecule has 0 saturated carbocycles. The van der Waals surface area contributed by atoms with Crippen LogP contribution in [-0.2, 0) is 11.3 Å². The summed E-state index contributed by atoms with van der Waals surface area (Å²) in [5, 5.41) is 8.99. The van der Waals surface area contributed by atoms with Gasteiger partial charge in [0.25, 0.3) is 0 Å². The molecule has 0 aliphatic carbocycles. The fourth-order valence-electron chi connectivity index (χ4n) is 2.97. The molecule has 1 aromatic heterocycles. The molecule has 0 aromatic carbocycles. The van der Waals surface area contributed by atoms with E-state index in [9.17, 15) is 4.79 Å². The van der Waals surface area contributed by atoms with E-state index < -0.39 is 5.97 Å². The van der Waals surface area contributed by atoms with E-state index >= 15 is 0 Å². The fourth-order valence-corrected chi connectivity index (χ4v) is 2.97. The molecule has 20 heavy (non-hydrogen) atoms. The van der Waals surface area contributed by atoms with Gasteiger partial charge in [-0.25, -0.2) is 9.78 Å². The third kappa shape index (κ3) is 3.77. The zero-order chi connectivity index (χ0) is 15.0. The Labute approximate surface area is 119 Å². The van der Waals surface area contributed by atoms with Crippen LogP contribution in [0.1, 0.15) is 43.9 Å². The molecular weight excluding hydrogens is 256 g/mol. The van der Waals surface area contributed by atoms with Crippen molar-refractivity contribution in [3.05, 3.63) is 29.6 Å². The summed E-state index contributed by atoms with van der Waals surface area (Å²) in [6.07, 6.45) is 0. The van der Waals surface area contributed by atoms with Gasteiger partial charge in [0, 0.05) is 19.6 Å². The topological polar surface area (TPSA) is 62.7 Å². The molecule has 1 aliphatic rings.